The molecule has 4 N–H and O–H groups in total. The van der Waals surface area contributed by atoms with Gasteiger partial charge in [0.1, 0.15) is 0 Å². The molecular formula is C8H10N2O2. The zero-order chi connectivity index (χ0) is 9.14. The number of hydrogen-bond donors (Lipinski definition) is 2. The first-order valence-electron chi connectivity index (χ1n) is 3.43. The van der Waals surface area contributed by atoms with Crippen LogP contribution in [0.4, 0.5) is 10.5 Å². The summed E-state index contributed by atoms with van der Waals surface area (Å²) in [6, 6.07) is 5.15. The molecule has 0 radical (unpaired) electrons. The van der Waals surface area contributed by atoms with Crippen molar-refractivity contribution in [1.82, 2.24) is 0 Å². The van der Waals surface area contributed by atoms with E-state index in [0.29, 0.717) is 11.4 Å². The molecule has 1 aromatic carbocycles. The Bertz CT molecular complexity index is 310. The molecule has 0 fully saturated rings. The Morgan fingerprint density at radius 1 is 1.50 bits per heavy atom. The van der Waals surface area contributed by atoms with Crippen molar-refractivity contribution in [2.75, 3.05) is 5.73 Å². The first-order chi connectivity index (χ1) is 5.61. The van der Waals surface area contributed by atoms with Crippen LogP contribution in [-0.2, 0) is 0 Å². The lowest BCUT2D eigenvalue weighted by Gasteiger charge is -2.05. The third kappa shape index (κ3) is 1.66. The van der Waals surface area contributed by atoms with Gasteiger partial charge in [0.15, 0.2) is 5.75 Å². The summed E-state index contributed by atoms with van der Waals surface area (Å²) in [4.78, 5) is 10.4. The molecule has 0 saturated carbocycles. The van der Waals surface area contributed by atoms with Gasteiger partial charge in [-0.15, -0.1) is 0 Å². The Balaban J connectivity index is 3.00. The molecule has 0 bridgehead atoms. The Morgan fingerprint density at radius 2 is 2.17 bits per heavy atom. The van der Waals surface area contributed by atoms with E-state index in [-0.39, 0.29) is 0 Å². The van der Waals surface area contributed by atoms with Gasteiger partial charge in [-0.1, -0.05) is 12.1 Å². The summed E-state index contributed by atoms with van der Waals surface area (Å²) in [6.45, 7) is 1.82. The van der Waals surface area contributed by atoms with Crippen LogP contribution in [0.3, 0.4) is 0 Å². The van der Waals surface area contributed by atoms with Crippen LogP contribution in [0.1, 0.15) is 5.56 Å². The van der Waals surface area contributed by atoms with Crippen LogP contribution in [0.25, 0.3) is 0 Å². The van der Waals surface area contributed by atoms with E-state index >= 15 is 0 Å². The highest BCUT2D eigenvalue weighted by Gasteiger charge is 2.04. The van der Waals surface area contributed by atoms with Crippen LogP contribution in [0, 0.1) is 6.92 Å². The molecule has 0 atom stereocenters. The SMILES string of the molecule is Cc1cccc(OC(N)=O)c1N. The minimum Gasteiger partial charge on any atom is -0.408 e. The molecule has 0 aliphatic rings. The number of aryl methyl sites for hydroxylation is 1. The van der Waals surface area contributed by atoms with Crippen molar-refractivity contribution < 1.29 is 9.53 Å². The van der Waals surface area contributed by atoms with Crippen molar-refractivity contribution in [3.8, 4) is 5.75 Å². The lowest BCUT2D eigenvalue weighted by Crippen LogP contribution is -2.17. The number of carbonyl (C=O) groups is 1. The number of ether oxygens (including phenoxy) is 1. The molecule has 0 saturated heterocycles. The molecule has 4 heteroatoms. The number of anilines is 1. The van der Waals surface area contributed by atoms with Crippen molar-refractivity contribution in [2.45, 2.75) is 6.92 Å². The van der Waals surface area contributed by atoms with Crippen molar-refractivity contribution in [2.24, 2.45) is 5.73 Å². The van der Waals surface area contributed by atoms with Gasteiger partial charge in [-0.2, -0.15) is 0 Å². The number of amides is 1. The molecule has 1 rings (SSSR count). The van der Waals surface area contributed by atoms with Crippen molar-refractivity contribution in [3.05, 3.63) is 23.8 Å². The van der Waals surface area contributed by atoms with Gasteiger partial charge in [-0.25, -0.2) is 4.79 Å². The number of nitrogen functional groups attached to an aromatic ring is 1. The number of hydrogen-bond acceptors (Lipinski definition) is 3. The molecule has 0 aliphatic carbocycles. The second-order valence-electron chi connectivity index (χ2n) is 2.41. The fourth-order valence-corrected chi connectivity index (χ4v) is 0.851. The molecule has 1 amide bonds. The highest BCUT2D eigenvalue weighted by molar-refractivity contribution is 5.71. The number of carbonyl (C=O) groups excluding carboxylic acids is 1. The first-order valence-corrected chi connectivity index (χ1v) is 3.43. The van der Waals surface area contributed by atoms with Crippen LogP contribution in [0.5, 0.6) is 5.75 Å². The smallest absolute Gasteiger partial charge is 0.408 e. The van der Waals surface area contributed by atoms with Crippen molar-refractivity contribution in [1.29, 1.82) is 0 Å². The topological polar surface area (TPSA) is 78.3 Å². The quantitative estimate of drug-likeness (QED) is 0.611. The fourth-order valence-electron chi connectivity index (χ4n) is 0.851. The van der Waals surface area contributed by atoms with Gasteiger partial charge in [-0.05, 0) is 18.6 Å². The summed E-state index contributed by atoms with van der Waals surface area (Å²) in [5.41, 5.74) is 11.7. The number of nitrogens with two attached hydrogens (primary N) is 2. The van der Waals surface area contributed by atoms with E-state index in [4.69, 9.17) is 11.5 Å². The van der Waals surface area contributed by atoms with Gasteiger partial charge in [0.2, 0.25) is 0 Å². The lowest BCUT2D eigenvalue weighted by molar-refractivity contribution is 0.211. The number of rotatable bonds is 1. The molecule has 0 aliphatic heterocycles. The monoisotopic (exact) mass is 166 g/mol. The van der Waals surface area contributed by atoms with Crippen LogP contribution < -0.4 is 16.2 Å². The maximum Gasteiger partial charge on any atom is 0.410 e. The van der Waals surface area contributed by atoms with Crippen LogP contribution in [0.2, 0.25) is 0 Å². The standard InChI is InChI=1S/C8H10N2O2/c1-5-3-2-4-6(7(5)9)12-8(10)11/h2-4H,9H2,1H3,(H2,10,11). The second-order valence-corrected chi connectivity index (χ2v) is 2.41. The molecule has 0 spiro atoms. The zero-order valence-electron chi connectivity index (χ0n) is 6.70. The van der Waals surface area contributed by atoms with Crippen molar-refractivity contribution >= 4 is 11.8 Å². The minimum absolute atomic E-state index is 0.308. The van der Waals surface area contributed by atoms with Gasteiger partial charge in [0.25, 0.3) is 0 Å². The molecule has 12 heavy (non-hydrogen) atoms. The van der Waals surface area contributed by atoms with Gasteiger partial charge in [0, 0.05) is 0 Å². The Hall–Kier alpha value is -1.71. The van der Waals surface area contributed by atoms with Gasteiger partial charge >= 0.3 is 6.09 Å². The lowest BCUT2D eigenvalue weighted by atomic mass is 10.2. The molecule has 1 aromatic rings. The zero-order valence-corrected chi connectivity index (χ0v) is 6.70. The molecule has 0 heterocycles. The Kier molecular flexibility index (Phi) is 2.19. The fraction of sp³-hybridized carbons (Fsp3) is 0.125. The maximum absolute atomic E-state index is 10.4. The number of para-hydroxylation sites is 1. The van der Waals surface area contributed by atoms with E-state index in [1.807, 2.05) is 13.0 Å². The first kappa shape index (κ1) is 8.39. The average molecular weight is 166 g/mol. The van der Waals surface area contributed by atoms with E-state index in [0.717, 1.165) is 5.56 Å². The maximum atomic E-state index is 10.4. The summed E-state index contributed by atoms with van der Waals surface area (Å²) in [5.74, 6) is 0.308. The highest BCUT2D eigenvalue weighted by atomic mass is 16.5. The number of benzene rings is 1. The summed E-state index contributed by atoms with van der Waals surface area (Å²) in [6.07, 6.45) is -0.854. The summed E-state index contributed by atoms with van der Waals surface area (Å²) >= 11 is 0. The Labute approximate surface area is 70.1 Å². The molecule has 4 nitrogen and oxygen atoms in total. The Morgan fingerprint density at radius 3 is 2.75 bits per heavy atom. The predicted molar refractivity (Wildman–Crippen MR) is 45.8 cm³/mol. The van der Waals surface area contributed by atoms with E-state index in [2.05, 4.69) is 4.74 Å². The average Bonchev–Trinajstić information content (AvgIpc) is 1.98. The minimum atomic E-state index is -0.854. The normalized spacial score (nSPS) is 9.42. The summed E-state index contributed by atoms with van der Waals surface area (Å²) in [7, 11) is 0. The molecule has 64 valence electrons. The highest BCUT2D eigenvalue weighted by Crippen LogP contribution is 2.23. The molecular weight excluding hydrogens is 156 g/mol. The van der Waals surface area contributed by atoms with Crippen LogP contribution >= 0.6 is 0 Å². The predicted octanol–water partition coefficient (Wildman–Crippen LogP) is 1.03. The van der Waals surface area contributed by atoms with Crippen LogP contribution in [-0.4, -0.2) is 6.09 Å². The van der Waals surface area contributed by atoms with Crippen LogP contribution in [0.15, 0.2) is 18.2 Å². The van der Waals surface area contributed by atoms with E-state index in [9.17, 15) is 4.79 Å². The molecule has 0 unspecified atom stereocenters. The third-order valence-electron chi connectivity index (χ3n) is 1.49. The largest absolute Gasteiger partial charge is 0.410 e. The van der Waals surface area contributed by atoms with Gasteiger partial charge in [-0.3, -0.25) is 0 Å². The summed E-state index contributed by atoms with van der Waals surface area (Å²) in [5, 5.41) is 0. The number of primary amides is 1. The van der Waals surface area contributed by atoms with Gasteiger partial charge < -0.3 is 16.2 Å². The van der Waals surface area contributed by atoms with Crippen molar-refractivity contribution in [3.63, 3.8) is 0 Å². The molecule has 0 aromatic heterocycles. The summed E-state index contributed by atoms with van der Waals surface area (Å²) < 4.78 is 4.64. The van der Waals surface area contributed by atoms with Gasteiger partial charge in [0.05, 0.1) is 5.69 Å². The van der Waals surface area contributed by atoms with E-state index in [1.54, 1.807) is 12.1 Å². The third-order valence-corrected chi connectivity index (χ3v) is 1.49. The second kappa shape index (κ2) is 3.13. The van der Waals surface area contributed by atoms with E-state index < -0.39 is 6.09 Å². The van der Waals surface area contributed by atoms with E-state index in [1.165, 1.54) is 0 Å².